The summed E-state index contributed by atoms with van der Waals surface area (Å²) in [5, 5.41) is 0.767. The number of likely N-dealkylation sites (tertiary alicyclic amines) is 1. The maximum atomic E-state index is 12.9. The molecule has 2 aliphatic rings. The Kier molecular flexibility index (Phi) is 4.47. The van der Waals surface area contributed by atoms with E-state index in [1.807, 2.05) is 23.2 Å². The van der Waals surface area contributed by atoms with E-state index in [1.165, 1.54) is 10.4 Å². The first-order chi connectivity index (χ1) is 13.7. The third-order valence-corrected chi connectivity index (χ3v) is 7.03. The van der Waals surface area contributed by atoms with Crippen LogP contribution in [0.5, 0.6) is 0 Å². The summed E-state index contributed by atoms with van der Waals surface area (Å²) >= 11 is 1.64. The molecule has 6 nitrogen and oxygen atoms in total. The maximum absolute atomic E-state index is 12.9. The number of fused-ring (bicyclic) bond motifs is 3. The molecule has 1 N–H and O–H groups in total. The summed E-state index contributed by atoms with van der Waals surface area (Å²) in [6.07, 6.45) is 9.55. The lowest BCUT2D eigenvalue weighted by Crippen LogP contribution is -2.31. The van der Waals surface area contributed by atoms with Crippen LogP contribution in [0.2, 0.25) is 0 Å². The molecule has 1 aliphatic carbocycles. The number of nitrogens with zero attached hydrogens (tertiary/aromatic N) is 3. The number of hydrogen-bond acceptors (Lipinski definition) is 5. The molecule has 0 aromatic carbocycles. The molecule has 144 valence electrons. The van der Waals surface area contributed by atoms with Crippen molar-refractivity contribution in [3.8, 4) is 0 Å². The Balaban J connectivity index is 1.32. The first-order valence-corrected chi connectivity index (χ1v) is 10.7. The number of aryl methyl sites for hydroxylation is 3. The molecule has 0 radical (unpaired) electrons. The molecule has 0 spiro atoms. The van der Waals surface area contributed by atoms with Crippen LogP contribution in [0.1, 0.15) is 53.6 Å². The van der Waals surface area contributed by atoms with E-state index in [9.17, 15) is 9.59 Å². The highest BCUT2D eigenvalue weighted by Crippen LogP contribution is 2.35. The molecule has 3 aromatic heterocycles. The molecule has 1 aliphatic heterocycles. The predicted molar refractivity (Wildman–Crippen MR) is 109 cm³/mol. The van der Waals surface area contributed by atoms with Crippen LogP contribution < -0.4 is 5.56 Å². The second kappa shape index (κ2) is 7.13. The minimum absolute atomic E-state index is 0.0544. The number of thiophene rings is 1. The van der Waals surface area contributed by atoms with Crippen molar-refractivity contribution in [2.45, 2.75) is 51.0 Å². The molecule has 1 amide bonds. The van der Waals surface area contributed by atoms with Gasteiger partial charge < -0.3 is 9.88 Å². The Morgan fingerprint density at radius 1 is 1.32 bits per heavy atom. The average Bonchev–Trinajstić information content (AvgIpc) is 3.42. The summed E-state index contributed by atoms with van der Waals surface area (Å²) in [6, 6.07) is 4.06. The fourth-order valence-electron chi connectivity index (χ4n) is 4.52. The fraction of sp³-hybridized carbons (Fsp3) is 0.429. The molecule has 0 saturated carbocycles. The largest absolute Gasteiger partial charge is 0.336 e. The molecule has 1 unspecified atom stereocenters. The summed E-state index contributed by atoms with van der Waals surface area (Å²) < 4.78 is 0. The predicted octanol–water partition coefficient (Wildman–Crippen LogP) is 3.16. The quantitative estimate of drug-likeness (QED) is 0.737. The van der Waals surface area contributed by atoms with E-state index in [1.54, 1.807) is 17.5 Å². The van der Waals surface area contributed by atoms with Gasteiger partial charge in [-0.15, -0.1) is 11.3 Å². The second-order valence-electron chi connectivity index (χ2n) is 7.58. The van der Waals surface area contributed by atoms with Gasteiger partial charge in [0.1, 0.15) is 10.7 Å². The van der Waals surface area contributed by atoms with E-state index in [4.69, 9.17) is 0 Å². The van der Waals surface area contributed by atoms with Gasteiger partial charge in [-0.2, -0.15) is 0 Å². The van der Waals surface area contributed by atoms with Crippen LogP contribution in [0.4, 0.5) is 0 Å². The molecular formula is C21H22N4O2S. The fourth-order valence-corrected chi connectivity index (χ4v) is 5.80. The van der Waals surface area contributed by atoms with Gasteiger partial charge in [-0.05, 0) is 49.3 Å². The Morgan fingerprint density at radius 3 is 3.11 bits per heavy atom. The van der Waals surface area contributed by atoms with Gasteiger partial charge in [0.25, 0.3) is 5.56 Å². The first kappa shape index (κ1) is 17.6. The first-order valence-electron chi connectivity index (χ1n) is 9.93. The van der Waals surface area contributed by atoms with Crippen LogP contribution >= 0.6 is 11.3 Å². The Bertz CT molecular complexity index is 1090. The topological polar surface area (TPSA) is 79.0 Å². The number of hydrogen-bond donors (Lipinski definition) is 1. The Morgan fingerprint density at radius 2 is 2.25 bits per heavy atom. The minimum atomic E-state index is -0.0544. The van der Waals surface area contributed by atoms with Crippen molar-refractivity contribution >= 4 is 27.5 Å². The number of aromatic amines is 1. The lowest BCUT2D eigenvalue weighted by atomic mass is 10.1. The van der Waals surface area contributed by atoms with Crippen LogP contribution in [0, 0.1) is 0 Å². The van der Waals surface area contributed by atoms with E-state index in [0.29, 0.717) is 18.7 Å². The van der Waals surface area contributed by atoms with Crippen LogP contribution in [-0.4, -0.2) is 32.3 Å². The molecule has 0 bridgehead atoms. The highest BCUT2D eigenvalue weighted by molar-refractivity contribution is 7.18. The maximum Gasteiger partial charge on any atom is 0.259 e. The SMILES string of the molecule is O=C(CCc1nc2sc3c(c2c(=O)[nH]1)CCC3)N1CCCC1c1cccnc1. The monoisotopic (exact) mass is 394 g/mol. The van der Waals surface area contributed by atoms with Crippen LogP contribution in [0.25, 0.3) is 10.2 Å². The van der Waals surface area contributed by atoms with Gasteiger partial charge in [-0.3, -0.25) is 14.6 Å². The number of H-pyrrole nitrogens is 1. The lowest BCUT2D eigenvalue weighted by Gasteiger charge is -2.24. The standard InChI is InChI=1S/C21H22N4O2S/c26-18(25-11-3-6-15(25)13-4-2-10-22-12-13)9-8-17-23-20(27)19-14-5-1-7-16(14)28-21(19)24-17/h2,4,10,12,15H,1,3,5-9,11H2,(H,23,24,27). The van der Waals surface area contributed by atoms with E-state index in [2.05, 4.69) is 15.0 Å². The molecule has 1 saturated heterocycles. The van der Waals surface area contributed by atoms with Crippen molar-refractivity contribution in [3.63, 3.8) is 0 Å². The number of nitrogens with one attached hydrogen (secondary N) is 1. The molecule has 4 heterocycles. The van der Waals surface area contributed by atoms with Crippen molar-refractivity contribution in [2.24, 2.45) is 0 Å². The third-order valence-electron chi connectivity index (χ3n) is 5.84. The van der Waals surface area contributed by atoms with Crippen molar-refractivity contribution in [1.82, 2.24) is 19.9 Å². The van der Waals surface area contributed by atoms with E-state index in [-0.39, 0.29) is 17.5 Å². The van der Waals surface area contributed by atoms with Crippen LogP contribution in [0.3, 0.4) is 0 Å². The van der Waals surface area contributed by atoms with Gasteiger partial charge in [-0.25, -0.2) is 4.98 Å². The van der Waals surface area contributed by atoms with Crippen molar-refractivity contribution in [1.29, 1.82) is 0 Å². The Hall–Kier alpha value is -2.54. The molecular weight excluding hydrogens is 372 g/mol. The normalized spacial score (nSPS) is 18.7. The number of pyridine rings is 1. The zero-order valence-electron chi connectivity index (χ0n) is 15.6. The summed E-state index contributed by atoms with van der Waals surface area (Å²) in [5.41, 5.74) is 2.23. The lowest BCUT2D eigenvalue weighted by molar-refractivity contribution is -0.132. The highest BCUT2D eigenvalue weighted by Gasteiger charge is 2.30. The number of carbonyl (C=O) groups excluding carboxylic acids is 1. The van der Waals surface area contributed by atoms with Gasteiger partial charge >= 0.3 is 0 Å². The summed E-state index contributed by atoms with van der Waals surface area (Å²) in [4.78, 5) is 41.3. The van der Waals surface area contributed by atoms with Gasteiger partial charge in [0.15, 0.2) is 0 Å². The smallest absolute Gasteiger partial charge is 0.259 e. The Labute approximate surface area is 166 Å². The highest BCUT2D eigenvalue weighted by atomic mass is 32.1. The summed E-state index contributed by atoms with van der Waals surface area (Å²) in [6.45, 7) is 0.777. The molecule has 1 atom stereocenters. The molecule has 1 fully saturated rings. The van der Waals surface area contributed by atoms with Crippen molar-refractivity contribution in [2.75, 3.05) is 6.54 Å². The number of aromatic nitrogens is 3. The molecule has 3 aromatic rings. The van der Waals surface area contributed by atoms with Crippen molar-refractivity contribution in [3.05, 3.63) is 56.7 Å². The molecule has 28 heavy (non-hydrogen) atoms. The minimum Gasteiger partial charge on any atom is -0.336 e. The van der Waals surface area contributed by atoms with Gasteiger partial charge in [0, 0.05) is 36.7 Å². The van der Waals surface area contributed by atoms with Crippen LogP contribution in [-0.2, 0) is 24.1 Å². The van der Waals surface area contributed by atoms with Crippen molar-refractivity contribution < 1.29 is 4.79 Å². The van der Waals surface area contributed by atoms with E-state index in [0.717, 1.165) is 54.4 Å². The second-order valence-corrected chi connectivity index (χ2v) is 8.67. The molecule has 5 rings (SSSR count). The zero-order chi connectivity index (χ0) is 19.1. The summed E-state index contributed by atoms with van der Waals surface area (Å²) in [5.74, 6) is 0.727. The van der Waals surface area contributed by atoms with E-state index >= 15 is 0 Å². The van der Waals surface area contributed by atoms with Gasteiger partial charge in [0.2, 0.25) is 5.91 Å². The third kappa shape index (κ3) is 3.03. The van der Waals surface area contributed by atoms with E-state index < -0.39 is 0 Å². The molecule has 7 heteroatoms. The summed E-state index contributed by atoms with van der Waals surface area (Å²) in [7, 11) is 0. The van der Waals surface area contributed by atoms with Gasteiger partial charge in [-0.1, -0.05) is 6.07 Å². The zero-order valence-corrected chi connectivity index (χ0v) is 16.4. The van der Waals surface area contributed by atoms with Gasteiger partial charge in [0.05, 0.1) is 11.4 Å². The van der Waals surface area contributed by atoms with Crippen LogP contribution in [0.15, 0.2) is 29.3 Å². The average molecular weight is 395 g/mol. The number of rotatable bonds is 4. The number of amides is 1. The number of carbonyl (C=O) groups is 1.